The van der Waals surface area contributed by atoms with Crippen LogP contribution in [0.25, 0.3) is 12.2 Å². The van der Waals surface area contributed by atoms with Gasteiger partial charge in [-0.1, -0.05) is 54.6 Å². The Labute approximate surface area is 115 Å². The average Bonchev–Trinajstić information content (AvgIpc) is 2.45. The van der Waals surface area contributed by atoms with Crippen molar-refractivity contribution in [2.75, 3.05) is 0 Å². The van der Waals surface area contributed by atoms with E-state index in [0.29, 0.717) is 5.56 Å². The molecule has 0 bridgehead atoms. The van der Waals surface area contributed by atoms with Crippen molar-refractivity contribution in [3.63, 3.8) is 0 Å². The van der Waals surface area contributed by atoms with Crippen LogP contribution in [0.3, 0.4) is 0 Å². The first-order valence-corrected chi connectivity index (χ1v) is 5.83. The Morgan fingerprint density at radius 3 is 2.35 bits per heavy atom. The maximum absolute atomic E-state index is 11.2. The summed E-state index contributed by atoms with van der Waals surface area (Å²) in [6, 6.07) is 13.5. The highest BCUT2D eigenvalue weighted by molar-refractivity contribution is 5.97. The Kier molecular flexibility index (Phi) is 3.91. The Morgan fingerprint density at radius 2 is 1.75 bits per heavy atom. The highest BCUT2D eigenvalue weighted by Crippen LogP contribution is 2.24. The van der Waals surface area contributed by atoms with Crippen LogP contribution < -0.4 is 0 Å². The van der Waals surface area contributed by atoms with Crippen molar-refractivity contribution in [1.82, 2.24) is 0 Å². The Bertz CT molecular complexity index is 678. The smallest absolute Gasteiger partial charge is 0.343 e. The van der Waals surface area contributed by atoms with Crippen LogP contribution in [0.1, 0.15) is 21.5 Å². The number of nitrogens with zero attached hydrogens (tertiary/aromatic N) is 1. The summed E-state index contributed by atoms with van der Waals surface area (Å²) in [6.07, 6.45) is 3.28. The van der Waals surface area contributed by atoms with E-state index in [1.165, 1.54) is 18.2 Å². The summed E-state index contributed by atoms with van der Waals surface area (Å²) in [5.74, 6) is -1.31. The van der Waals surface area contributed by atoms with E-state index in [2.05, 4.69) is 0 Å². The van der Waals surface area contributed by atoms with Gasteiger partial charge in [-0.25, -0.2) is 4.79 Å². The third-order valence-corrected chi connectivity index (χ3v) is 2.74. The lowest BCUT2D eigenvalue weighted by Gasteiger charge is -2.02. The lowest BCUT2D eigenvalue weighted by Crippen LogP contribution is -2.04. The number of hydrogen-bond acceptors (Lipinski definition) is 3. The van der Waals surface area contributed by atoms with Gasteiger partial charge in [-0.05, 0) is 11.1 Å². The van der Waals surface area contributed by atoms with Crippen molar-refractivity contribution in [1.29, 1.82) is 0 Å². The van der Waals surface area contributed by atoms with Gasteiger partial charge >= 0.3 is 5.97 Å². The normalized spacial score (nSPS) is 10.6. The number of carboxylic acid groups (broad SMARTS) is 1. The molecule has 20 heavy (non-hydrogen) atoms. The van der Waals surface area contributed by atoms with Crippen molar-refractivity contribution in [3.05, 3.63) is 75.3 Å². The Balaban J connectivity index is 2.47. The van der Waals surface area contributed by atoms with Gasteiger partial charge in [0, 0.05) is 6.07 Å². The second-order valence-corrected chi connectivity index (χ2v) is 4.05. The molecule has 0 spiro atoms. The minimum Gasteiger partial charge on any atom is -0.477 e. The third kappa shape index (κ3) is 2.89. The summed E-state index contributed by atoms with van der Waals surface area (Å²) < 4.78 is 0. The molecule has 0 aliphatic carbocycles. The van der Waals surface area contributed by atoms with Crippen LogP contribution in [0.4, 0.5) is 5.69 Å². The molecule has 0 aromatic heterocycles. The molecular formula is C15H11NO4. The molecule has 0 saturated heterocycles. The molecule has 0 atom stereocenters. The predicted octanol–water partition coefficient (Wildman–Crippen LogP) is 3.46. The molecule has 0 radical (unpaired) electrons. The molecule has 5 nitrogen and oxygen atoms in total. The Hall–Kier alpha value is -2.95. The minimum absolute atomic E-state index is 0.301. The lowest BCUT2D eigenvalue weighted by molar-refractivity contribution is -0.385. The van der Waals surface area contributed by atoms with Gasteiger partial charge in [0.2, 0.25) is 0 Å². The molecule has 2 aromatic carbocycles. The van der Waals surface area contributed by atoms with E-state index in [1.54, 1.807) is 12.2 Å². The standard InChI is InChI=1S/C15H11NO4/c17-15(18)14-12(7-4-8-13(14)16(19)20)10-9-11-5-2-1-3-6-11/h1-10H,(H,17,18). The van der Waals surface area contributed by atoms with Crippen molar-refractivity contribution >= 4 is 23.8 Å². The van der Waals surface area contributed by atoms with Crippen LogP contribution in [-0.2, 0) is 0 Å². The van der Waals surface area contributed by atoms with E-state index in [9.17, 15) is 14.9 Å². The monoisotopic (exact) mass is 269 g/mol. The van der Waals surface area contributed by atoms with E-state index in [4.69, 9.17) is 5.11 Å². The van der Waals surface area contributed by atoms with Gasteiger partial charge in [-0.3, -0.25) is 10.1 Å². The highest BCUT2D eigenvalue weighted by atomic mass is 16.6. The van der Waals surface area contributed by atoms with Gasteiger partial charge < -0.3 is 5.11 Å². The SMILES string of the molecule is O=C(O)c1c(C=Cc2ccccc2)cccc1[N+](=O)[O-]. The number of nitro benzene ring substituents is 1. The fourth-order valence-corrected chi connectivity index (χ4v) is 1.83. The first-order valence-electron chi connectivity index (χ1n) is 5.83. The molecule has 0 aliphatic rings. The molecule has 100 valence electrons. The van der Waals surface area contributed by atoms with Crippen LogP contribution in [0.2, 0.25) is 0 Å². The van der Waals surface area contributed by atoms with Crippen LogP contribution in [0, 0.1) is 10.1 Å². The van der Waals surface area contributed by atoms with Gasteiger partial charge in [0.05, 0.1) is 4.92 Å². The summed E-state index contributed by atoms with van der Waals surface area (Å²) in [6.45, 7) is 0. The molecule has 2 rings (SSSR count). The maximum Gasteiger partial charge on any atom is 0.343 e. The number of carboxylic acids is 1. The quantitative estimate of drug-likeness (QED) is 0.523. The average molecular weight is 269 g/mol. The first-order chi connectivity index (χ1) is 9.59. The zero-order valence-electron chi connectivity index (χ0n) is 10.4. The highest BCUT2D eigenvalue weighted by Gasteiger charge is 2.21. The van der Waals surface area contributed by atoms with Gasteiger partial charge in [0.15, 0.2) is 0 Å². The number of benzene rings is 2. The lowest BCUT2D eigenvalue weighted by atomic mass is 10.0. The minimum atomic E-state index is -1.31. The topological polar surface area (TPSA) is 80.4 Å². The molecule has 0 saturated carbocycles. The second-order valence-electron chi connectivity index (χ2n) is 4.05. The molecule has 0 unspecified atom stereocenters. The van der Waals surface area contributed by atoms with Crippen molar-refractivity contribution in [2.24, 2.45) is 0 Å². The van der Waals surface area contributed by atoms with E-state index >= 15 is 0 Å². The number of hydrogen-bond donors (Lipinski definition) is 1. The molecule has 5 heteroatoms. The number of nitro groups is 1. The molecule has 2 aromatic rings. The summed E-state index contributed by atoms with van der Waals surface area (Å²) in [7, 11) is 0. The summed E-state index contributed by atoms with van der Waals surface area (Å²) in [5, 5.41) is 20.0. The third-order valence-electron chi connectivity index (χ3n) is 2.74. The molecule has 0 fully saturated rings. The molecule has 0 heterocycles. The van der Waals surface area contributed by atoms with Gasteiger partial charge in [0.1, 0.15) is 5.56 Å². The van der Waals surface area contributed by atoms with Crippen molar-refractivity contribution in [3.8, 4) is 0 Å². The van der Waals surface area contributed by atoms with E-state index in [0.717, 1.165) is 5.56 Å². The predicted molar refractivity (Wildman–Crippen MR) is 75.4 cm³/mol. The maximum atomic E-state index is 11.2. The zero-order valence-corrected chi connectivity index (χ0v) is 10.4. The van der Waals surface area contributed by atoms with E-state index in [-0.39, 0.29) is 5.56 Å². The van der Waals surface area contributed by atoms with Crippen LogP contribution in [-0.4, -0.2) is 16.0 Å². The number of aromatic carboxylic acids is 1. The molecule has 0 amide bonds. The van der Waals surface area contributed by atoms with Gasteiger partial charge in [-0.15, -0.1) is 0 Å². The molecular weight excluding hydrogens is 258 g/mol. The first kappa shape index (κ1) is 13.5. The summed E-state index contributed by atoms with van der Waals surface area (Å²) in [4.78, 5) is 21.4. The zero-order chi connectivity index (χ0) is 14.5. The second kappa shape index (κ2) is 5.79. The number of rotatable bonds is 4. The van der Waals surface area contributed by atoms with Crippen molar-refractivity contribution in [2.45, 2.75) is 0 Å². The van der Waals surface area contributed by atoms with Crippen molar-refractivity contribution < 1.29 is 14.8 Å². The summed E-state index contributed by atoms with van der Waals surface area (Å²) >= 11 is 0. The Morgan fingerprint density at radius 1 is 1.05 bits per heavy atom. The molecule has 1 N–H and O–H groups in total. The van der Waals surface area contributed by atoms with E-state index in [1.807, 2.05) is 30.3 Å². The van der Waals surface area contributed by atoms with Crippen LogP contribution in [0.5, 0.6) is 0 Å². The van der Waals surface area contributed by atoms with Gasteiger partial charge in [0.25, 0.3) is 5.69 Å². The fourth-order valence-electron chi connectivity index (χ4n) is 1.83. The largest absolute Gasteiger partial charge is 0.477 e. The molecule has 0 aliphatic heterocycles. The summed E-state index contributed by atoms with van der Waals surface area (Å²) in [5.41, 5.74) is 0.475. The number of carbonyl (C=O) groups is 1. The van der Waals surface area contributed by atoms with E-state index < -0.39 is 16.6 Å². The fraction of sp³-hybridized carbons (Fsp3) is 0. The van der Waals surface area contributed by atoms with Gasteiger partial charge in [-0.2, -0.15) is 0 Å². The van der Waals surface area contributed by atoms with Crippen LogP contribution >= 0.6 is 0 Å². The van der Waals surface area contributed by atoms with Crippen LogP contribution in [0.15, 0.2) is 48.5 Å².